The Bertz CT molecular complexity index is 551. The molecule has 2 aromatic rings. The molecule has 0 saturated heterocycles. The Hall–Kier alpha value is -1.61. The predicted molar refractivity (Wildman–Crippen MR) is 74.0 cm³/mol. The highest BCUT2D eigenvalue weighted by molar-refractivity contribution is 6.18. The molecule has 1 N–H and O–H groups in total. The van der Waals surface area contributed by atoms with Crippen LogP contribution in [0.15, 0.2) is 36.5 Å². The van der Waals surface area contributed by atoms with E-state index in [0.29, 0.717) is 18.1 Å². The second-order valence-electron chi connectivity index (χ2n) is 4.35. The number of hydrogen-bond acceptors (Lipinski definition) is 2. The first-order valence-electron chi connectivity index (χ1n) is 5.90. The van der Waals surface area contributed by atoms with Crippen molar-refractivity contribution in [2.45, 2.75) is 6.92 Å². The van der Waals surface area contributed by atoms with Gasteiger partial charge in [-0.2, -0.15) is 0 Å². The van der Waals surface area contributed by atoms with Gasteiger partial charge in [0.1, 0.15) is 5.69 Å². The van der Waals surface area contributed by atoms with E-state index in [4.69, 9.17) is 11.6 Å². The molecular weight excluding hydrogens is 248 g/mol. The van der Waals surface area contributed by atoms with Crippen LogP contribution in [0.2, 0.25) is 0 Å². The average molecular weight is 263 g/mol. The van der Waals surface area contributed by atoms with E-state index in [-0.39, 0.29) is 11.8 Å². The minimum absolute atomic E-state index is 0.149. The zero-order chi connectivity index (χ0) is 13.0. The number of fused-ring (bicyclic) bond motifs is 1. The highest BCUT2D eigenvalue weighted by Crippen LogP contribution is 2.16. The molecular formula is C14H15ClN2O. The molecule has 0 fully saturated rings. The summed E-state index contributed by atoms with van der Waals surface area (Å²) >= 11 is 5.71. The normalized spacial score (nSPS) is 12.3. The molecule has 0 bridgehead atoms. The first-order chi connectivity index (χ1) is 8.72. The molecule has 3 nitrogen and oxygen atoms in total. The molecule has 1 amide bonds. The zero-order valence-electron chi connectivity index (χ0n) is 10.2. The van der Waals surface area contributed by atoms with Crippen molar-refractivity contribution in [3.63, 3.8) is 0 Å². The second kappa shape index (κ2) is 5.83. The third-order valence-corrected chi connectivity index (χ3v) is 3.29. The Balaban J connectivity index is 2.22. The molecule has 0 aliphatic rings. The van der Waals surface area contributed by atoms with Crippen LogP contribution in [0.3, 0.4) is 0 Å². The molecule has 0 spiro atoms. The first kappa shape index (κ1) is 12.8. The third kappa shape index (κ3) is 2.79. The summed E-state index contributed by atoms with van der Waals surface area (Å²) in [6, 6.07) is 9.62. The van der Waals surface area contributed by atoms with E-state index in [2.05, 4.69) is 10.3 Å². The first-order valence-corrected chi connectivity index (χ1v) is 6.43. The summed E-state index contributed by atoms with van der Waals surface area (Å²) < 4.78 is 0. The van der Waals surface area contributed by atoms with Crippen LogP contribution in [0.4, 0.5) is 0 Å². The lowest BCUT2D eigenvalue weighted by atomic mass is 10.1. The SMILES string of the molecule is CC(CCl)CNC(=O)c1nccc2ccccc12. The molecule has 1 aromatic heterocycles. The van der Waals surface area contributed by atoms with Gasteiger partial charge in [-0.25, -0.2) is 0 Å². The molecule has 1 unspecified atom stereocenters. The van der Waals surface area contributed by atoms with Gasteiger partial charge < -0.3 is 5.32 Å². The Labute approximate surface area is 111 Å². The molecule has 4 heteroatoms. The van der Waals surface area contributed by atoms with Crippen molar-refractivity contribution in [1.82, 2.24) is 10.3 Å². The van der Waals surface area contributed by atoms with Gasteiger partial charge in [-0.3, -0.25) is 9.78 Å². The molecule has 0 radical (unpaired) electrons. The van der Waals surface area contributed by atoms with Gasteiger partial charge in [0.05, 0.1) is 0 Å². The van der Waals surface area contributed by atoms with E-state index in [1.807, 2.05) is 37.3 Å². The van der Waals surface area contributed by atoms with Gasteiger partial charge in [0.25, 0.3) is 5.91 Å². The van der Waals surface area contributed by atoms with Crippen LogP contribution < -0.4 is 5.32 Å². The number of nitrogens with zero attached hydrogens (tertiary/aromatic N) is 1. The number of carbonyl (C=O) groups excluding carboxylic acids is 1. The van der Waals surface area contributed by atoms with Gasteiger partial charge in [-0.15, -0.1) is 11.6 Å². The summed E-state index contributed by atoms with van der Waals surface area (Å²) in [4.78, 5) is 16.2. The lowest BCUT2D eigenvalue weighted by molar-refractivity contribution is 0.0946. The number of carbonyl (C=O) groups is 1. The standard InChI is InChI=1S/C14H15ClN2O/c1-10(8-15)9-17-14(18)13-12-5-3-2-4-11(12)6-7-16-13/h2-7,10H,8-9H2,1H3,(H,17,18). The van der Waals surface area contributed by atoms with Gasteiger partial charge in [-0.05, 0) is 17.4 Å². The van der Waals surface area contributed by atoms with E-state index in [9.17, 15) is 4.79 Å². The van der Waals surface area contributed by atoms with E-state index in [1.54, 1.807) is 6.20 Å². The minimum Gasteiger partial charge on any atom is -0.350 e. The Morgan fingerprint density at radius 3 is 2.94 bits per heavy atom. The number of nitrogens with one attached hydrogen (secondary N) is 1. The van der Waals surface area contributed by atoms with Gasteiger partial charge >= 0.3 is 0 Å². The van der Waals surface area contributed by atoms with Gasteiger partial charge in [0.15, 0.2) is 0 Å². The van der Waals surface area contributed by atoms with Crippen molar-refractivity contribution < 1.29 is 4.79 Å². The van der Waals surface area contributed by atoms with Gasteiger partial charge in [0.2, 0.25) is 0 Å². The average Bonchev–Trinajstić information content (AvgIpc) is 2.43. The molecule has 0 aliphatic heterocycles. The predicted octanol–water partition coefficient (Wildman–Crippen LogP) is 2.84. The number of amides is 1. The number of aromatic nitrogens is 1. The summed E-state index contributed by atoms with van der Waals surface area (Å²) in [6.45, 7) is 2.55. The van der Waals surface area contributed by atoms with Crippen LogP contribution in [0.1, 0.15) is 17.4 Å². The summed E-state index contributed by atoms with van der Waals surface area (Å²) in [5.74, 6) is 0.637. The summed E-state index contributed by atoms with van der Waals surface area (Å²) in [6.07, 6.45) is 1.65. The van der Waals surface area contributed by atoms with Crippen LogP contribution >= 0.6 is 11.6 Å². The van der Waals surface area contributed by atoms with Crippen molar-refractivity contribution in [2.75, 3.05) is 12.4 Å². The van der Waals surface area contributed by atoms with Crippen LogP contribution in [0.25, 0.3) is 10.8 Å². The number of rotatable bonds is 4. The van der Waals surface area contributed by atoms with Gasteiger partial charge in [0, 0.05) is 24.0 Å². The van der Waals surface area contributed by atoms with Crippen LogP contribution in [-0.4, -0.2) is 23.3 Å². The van der Waals surface area contributed by atoms with Crippen molar-refractivity contribution >= 4 is 28.3 Å². The fraction of sp³-hybridized carbons (Fsp3) is 0.286. The van der Waals surface area contributed by atoms with Crippen LogP contribution in [-0.2, 0) is 0 Å². The number of hydrogen-bond donors (Lipinski definition) is 1. The largest absolute Gasteiger partial charge is 0.350 e. The monoisotopic (exact) mass is 262 g/mol. The Morgan fingerprint density at radius 1 is 1.39 bits per heavy atom. The van der Waals surface area contributed by atoms with E-state index in [1.165, 1.54) is 0 Å². The summed E-state index contributed by atoms with van der Waals surface area (Å²) in [7, 11) is 0. The van der Waals surface area contributed by atoms with E-state index >= 15 is 0 Å². The van der Waals surface area contributed by atoms with Crippen molar-refractivity contribution in [3.8, 4) is 0 Å². The van der Waals surface area contributed by atoms with Crippen LogP contribution in [0.5, 0.6) is 0 Å². The molecule has 1 aromatic carbocycles. The molecule has 0 aliphatic carbocycles. The number of alkyl halides is 1. The fourth-order valence-corrected chi connectivity index (χ4v) is 1.81. The smallest absolute Gasteiger partial charge is 0.270 e. The lowest BCUT2D eigenvalue weighted by Gasteiger charge is -2.10. The zero-order valence-corrected chi connectivity index (χ0v) is 10.9. The highest BCUT2D eigenvalue weighted by atomic mass is 35.5. The number of pyridine rings is 1. The third-order valence-electron chi connectivity index (χ3n) is 2.76. The van der Waals surface area contributed by atoms with Gasteiger partial charge in [-0.1, -0.05) is 31.2 Å². The fourth-order valence-electron chi connectivity index (χ4n) is 1.71. The van der Waals surface area contributed by atoms with Crippen LogP contribution in [0, 0.1) is 5.92 Å². The number of halogens is 1. The number of benzene rings is 1. The lowest BCUT2D eigenvalue weighted by Crippen LogP contribution is -2.29. The molecule has 94 valence electrons. The topological polar surface area (TPSA) is 42.0 Å². The van der Waals surface area contributed by atoms with Crippen molar-refractivity contribution in [2.24, 2.45) is 5.92 Å². The Morgan fingerprint density at radius 2 is 2.17 bits per heavy atom. The summed E-state index contributed by atoms with van der Waals surface area (Å²) in [5.41, 5.74) is 0.467. The minimum atomic E-state index is -0.149. The molecule has 18 heavy (non-hydrogen) atoms. The maximum Gasteiger partial charge on any atom is 0.270 e. The molecule has 1 atom stereocenters. The summed E-state index contributed by atoms with van der Waals surface area (Å²) in [5, 5.41) is 4.74. The van der Waals surface area contributed by atoms with Crippen molar-refractivity contribution in [1.29, 1.82) is 0 Å². The molecule has 2 rings (SSSR count). The molecule has 0 saturated carbocycles. The quantitative estimate of drug-likeness (QED) is 0.861. The maximum absolute atomic E-state index is 12.1. The molecule has 1 heterocycles. The highest BCUT2D eigenvalue weighted by Gasteiger charge is 2.11. The second-order valence-corrected chi connectivity index (χ2v) is 4.66. The van der Waals surface area contributed by atoms with E-state index < -0.39 is 0 Å². The van der Waals surface area contributed by atoms with E-state index in [0.717, 1.165) is 10.8 Å². The van der Waals surface area contributed by atoms with Crippen molar-refractivity contribution in [3.05, 3.63) is 42.2 Å². The Kier molecular flexibility index (Phi) is 4.15. The maximum atomic E-state index is 12.1.